The van der Waals surface area contributed by atoms with Crippen molar-refractivity contribution in [2.45, 2.75) is 171 Å². The first-order valence-corrected chi connectivity index (χ1v) is 30.7. The number of thioether (sulfide) groups is 1. The van der Waals surface area contributed by atoms with Gasteiger partial charge in [0, 0.05) is 39.0 Å². The number of hydrogen-bond acceptors (Lipinski definition) is 17. The van der Waals surface area contributed by atoms with Crippen LogP contribution in [0.5, 0.6) is 0 Å². The summed E-state index contributed by atoms with van der Waals surface area (Å²) >= 11 is 1.32. The molecule has 502 valence electrons. The van der Waals surface area contributed by atoms with Gasteiger partial charge in [0.05, 0.1) is 12.5 Å². The number of hydrogen-bond donors (Lipinski definition) is 18. The number of likely N-dealkylation sites (tertiary alicyclic amines) is 1. The lowest BCUT2D eigenvalue weighted by atomic mass is 10.0. The van der Waals surface area contributed by atoms with Gasteiger partial charge in [-0.1, -0.05) is 44.2 Å². The minimum Gasteiger partial charge on any atom is -0.481 e. The van der Waals surface area contributed by atoms with Crippen LogP contribution in [0.15, 0.2) is 45.3 Å². The molecule has 1 saturated heterocycles. The summed E-state index contributed by atoms with van der Waals surface area (Å²) in [6.07, 6.45) is 0.158. The number of aliphatic imine (C=N–C) groups is 3. The van der Waals surface area contributed by atoms with E-state index in [1.165, 1.54) is 23.6 Å². The van der Waals surface area contributed by atoms with Crippen LogP contribution < -0.4 is 88.4 Å². The molecule has 0 radical (unpaired) electrons. The van der Waals surface area contributed by atoms with Crippen LogP contribution in [0.2, 0.25) is 0 Å². The first kappa shape index (κ1) is 77.1. The number of carboxylic acid groups (broad SMARTS) is 2. The monoisotopic (exact) mass is 1290 g/mol. The molecule has 26 N–H and O–H groups in total. The molecule has 90 heavy (non-hydrogen) atoms. The lowest BCUT2D eigenvalue weighted by Crippen LogP contribution is -2.60. The van der Waals surface area contributed by atoms with Gasteiger partial charge in [-0.3, -0.25) is 67.7 Å². The Bertz CT molecular complexity index is 2690. The molecule has 0 spiro atoms. The molecule has 1 aliphatic heterocycles. The van der Waals surface area contributed by atoms with E-state index in [9.17, 15) is 67.7 Å². The van der Waals surface area contributed by atoms with Gasteiger partial charge >= 0.3 is 11.9 Å². The third kappa shape index (κ3) is 29.8. The predicted molar refractivity (Wildman–Crippen MR) is 334 cm³/mol. The number of carboxylic acids is 2. The fourth-order valence-electron chi connectivity index (χ4n) is 9.22. The van der Waals surface area contributed by atoms with Crippen LogP contribution in [0.4, 0.5) is 0 Å². The summed E-state index contributed by atoms with van der Waals surface area (Å²) < 4.78 is 0. The van der Waals surface area contributed by atoms with Crippen molar-refractivity contribution in [3.63, 3.8) is 0 Å². The van der Waals surface area contributed by atoms with Crippen molar-refractivity contribution in [2.24, 2.45) is 66.8 Å². The molecule has 1 fully saturated rings. The molecule has 0 aromatic heterocycles. The van der Waals surface area contributed by atoms with Gasteiger partial charge in [-0.05, 0) is 101 Å². The highest BCUT2D eigenvalue weighted by Gasteiger charge is 2.41. The first-order chi connectivity index (χ1) is 42.4. The minimum atomic E-state index is -1.71. The number of primary amides is 1. The van der Waals surface area contributed by atoms with E-state index < -0.39 is 151 Å². The molecule has 2 rings (SSSR count). The zero-order valence-corrected chi connectivity index (χ0v) is 52.1. The first-order valence-electron chi connectivity index (χ1n) is 29.3. The van der Waals surface area contributed by atoms with Crippen molar-refractivity contribution in [1.29, 1.82) is 0 Å². The van der Waals surface area contributed by atoms with Gasteiger partial charge in [0.2, 0.25) is 59.1 Å². The second-order valence-electron chi connectivity index (χ2n) is 21.9. The van der Waals surface area contributed by atoms with Crippen LogP contribution in [-0.4, -0.2) is 203 Å². The van der Waals surface area contributed by atoms with E-state index in [2.05, 4.69) is 57.5 Å². The molecular formula is C55H92N20O14S. The van der Waals surface area contributed by atoms with Gasteiger partial charge < -0.3 is 104 Å². The van der Waals surface area contributed by atoms with Crippen molar-refractivity contribution in [2.75, 3.05) is 38.2 Å². The minimum absolute atomic E-state index is 0.0000138. The fourth-order valence-corrected chi connectivity index (χ4v) is 9.69. The molecular weight excluding hydrogens is 1200 g/mol. The number of aliphatic carboxylic acids is 2. The standard InChI is InChI=1S/C55H92N20O14S/c1-29(2)26-38(73-47(83)35(18-19-42(77)78)69-45(81)33(15-9-22-65-54(60)61)68-44(80)32(67-43(79)30(3)56)14-8-21-64-53(58)59)51(87)75-24-11-17-40(75)50(86)71-34(16-10-23-66-55(62)63)46(82)72-37(27-31-12-6-5-7-13-31)49(85)70-36(20-25-90-4)48(84)74-39(52(88)89)28-41(57)76/h5-7,12-13,29-30,32-40H,8-11,14-28,56H2,1-4H3,(H2,57,76)(H,67,79)(H,68,80)(H,69,81)(H,70,85)(H,71,86)(H,72,82)(H,73,83)(H,74,84)(H,77,78)(H,88,89)(H4,58,59,64)(H4,60,61,65)(H4,62,63,66)/t30-,32-,33-,34-,35-,36-,37-,38-,39-,40-/m0/s1. The van der Waals surface area contributed by atoms with Gasteiger partial charge in [-0.2, -0.15) is 11.8 Å². The molecule has 1 heterocycles. The number of rotatable bonds is 42. The van der Waals surface area contributed by atoms with Crippen molar-refractivity contribution < 1.29 is 67.7 Å². The smallest absolute Gasteiger partial charge is 0.326 e. The van der Waals surface area contributed by atoms with Crippen molar-refractivity contribution in [3.8, 4) is 0 Å². The highest BCUT2D eigenvalue weighted by atomic mass is 32.2. The van der Waals surface area contributed by atoms with Crippen LogP contribution in [0.1, 0.15) is 110 Å². The van der Waals surface area contributed by atoms with Crippen LogP contribution in [0, 0.1) is 5.92 Å². The third-order valence-electron chi connectivity index (χ3n) is 13.8. The maximum absolute atomic E-state index is 14.8. The third-order valence-corrected chi connectivity index (χ3v) is 14.4. The Balaban J connectivity index is 2.55. The maximum atomic E-state index is 14.8. The summed E-state index contributed by atoms with van der Waals surface area (Å²) in [7, 11) is 0. The fraction of sp³-hybridized carbons (Fsp3) is 0.618. The Labute approximate surface area is 526 Å². The van der Waals surface area contributed by atoms with Crippen LogP contribution in [-0.2, 0) is 64.0 Å². The van der Waals surface area contributed by atoms with Gasteiger partial charge in [0.15, 0.2) is 17.9 Å². The molecule has 1 aliphatic rings. The number of carbonyl (C=O) groups excluding carboxylic acids is 10. The molecule has 35 heteroatoms. The normalized spacial score (nSPS) is 15.6. The lowest BCUT2D eigenvalue weighted by molar-refractivity contribution is -0.144. The van der Waals surface area contributed by atoms with Gasteiger partial charge in [0.25, 0.3) is 0 Å². The highest BCUT2D eigenvalue weighted by Crippen LogP contribution is 2.22. The van der Waals surface area contributed by atoms with Gasteiger partial charge in [-0.15, -0.1) is 0 Å². The number of amides is 10. The second kappa shape index (κ2) is 40.5. The van der Waals surface area contributed by atoms with E-state index in [-0.39, 0.29) is 121 Å². The van der Waals surface area contributed by atoms with Crippen LogP contribution >= 0.6 is 11.8 Å². The van der Waals surface area contributed by atoms with Gasteiger partial charge in [0.1, 0.15) is 54.4 Å². The molecule has 1 aromatic rings. The van der Waals surface area contributed by atoms with E-state index in [4.69, 9.17) is 45.9 Å². The number of nitrogens with zero attached hydrogens (tertiary/aromatic N) is 4. The Morgan fingerprint density at radius 2 is 0.967 bits per heavy atom. The van der Waals surface area contributed by atoms with E-state index >= 15 is 0 Å². The van der Waals surface area contributed by atoms with Gasteiger partial charge in [-0.25, -0.2) is 4.79 Å². The average molecular weight is 1290 g/mol. The van der Waals surface area contributed by atoms with E-state index in [0.29, 0.717) is 11.3 Å². The Morgan fingerprint density at radius 3 is 1.39 bits per heavy atom. The summed E-state index contributed by atoms with van der Waals surface area (Å²) in [5.74, 6) is -12.3. The lowest BCUT2D eigenvalue weighted by Gasteiger charge is -2.32. The summed E-state index contributed by atoms with van der Waals surface area (Å²) in [6, 6.07) is -5.46. The largest absolute Gasteiger partial charge is 0.481 e. The van der Waals surface area contributed by atoms with E-state index in [1.807, 2.05) is 0 Å². The topological polar surface area (TPSA) is 590 Å². The molecule has 1 aromatic carbocycles. The Kier molecular flexibility index (Phi) is 34.7. The molecule has 34 nitrogen and oxygen atoms in total. The zero-order chi connectivity index (χ0) is 67.6. The highest BCUT2D eigenvalue weighted by molar-refractivity contribution is 7.98. The van der Waals surface area contributed by atoms with Crippen LogP contribution in [0.25, 0.3) is 0 Å². The summed E-state index contributed by atoms with van der Waals surface area (Å²) in [6.45, 7) is 4.97. The Hall–Kier alpha value is -9.02. The Morgan fingerprint density at radius 1 is 0.556 bits per heavy atom. The quantitative estimate of drug-likeness (QED) is 0.0165. The van der Waals surface area contributed by atoms with E-state index in [1.54, 1.807) is 50.4 Å². The molecule has 0 aliphatic carbocycles. The molecule has 0 bridgehead atoms. The van der Waals surface area contributed by atoms with Crippen molar-refractivity contribution in [1.82, 2.24) is 47.4 Å². The average Bonchev–Trinajstić information content (AvgIpc) is 1.80. The summed E-state index contributed by atoms with van der Waals surface area (Å²) in [4.78, 5) is 175. The molecule has 0 saturated carbocycles. The van der Waals surface area contributed by atoms with Crippen LogP contribution in [0.3, 0.4) is 0 Å². The predicted octanol–water partition coefficient (Wildman–Crippen LogP) is -5.77. The molecule has 10 amide bonds. The maximum Gasteiger partial charge on any atom is 0.326 e. The number of carbonyl (C=O) groups is 12. The second-order valence-corrected chi connectivity index (χ2v) is 22.8. The SMILES string of the molecule is CSCC[C@H](NC(=O)[C@H](Cc1ccccc1)NC(=O)[C@H](CCCN=C(N)N)NC(=O)[C@@H]1CCCN1C(=O)[C@H](CC(C)C)NC(=O)[C@H](CCC(=O)O)NC(=O)[C@H](CCCN=C(N)N)NC(=O)[C@H](CCCN=C(N)N)NC(=O)[C@H](C)N)C(=O)N[C@@H](CC(N)=O)C(=O)O. The molecule has 0 unspecified atom stereocenters. The van der Waals surface area contributed by atoms with Crippen molar-refractivity contribution >= 4 is 101 Å². The number of guanidine groups is 3. The number of nitrogens with one attached hydrogen (secondary N) is 8. The molecule has 10 atom stereocenters. The zero-order valence-electron chi connectivity index (χ0n) is 51.3. The summed E-state index contributed by atoms with van der Waals surface area (Å²) in [5.41, 5.74) is 44.5. The van der Waals surface area contributed by atoms with E-state index in [0.717, 1.165) is 0 Å². The number of nitrogens with two attached hydrogens (primary N) is 8. The van der Waals surface area contributed by atoms with Crippen molar-refractivity contribution in [3.05, 3.63) is 35.9 Å². The number of benzene rings is 1. The summed E-state index contributed by atoms with van der Waals surface area (Å²) in [5, 5.41) is 40.0.